The zero-order chi connectivity index (χ0) is 19.1. The van der Waals surface area contributed by atoms with Gasteiger partial charge in [0.15, 0.2) is 0 Å². The molecule has 0 aliphatic rings. The summed E-state index contributed by atoms with van der Waals surface area (Å²) in [7, 11) is 0. The Kier molecular flexibility index (Phi) is 6.22. The number of nitrogens with one attached hydrogen (secondary N) is 1. The van der Waals surface area contributed by atoms with Gasteiger partial charge in [-0.15, -0.1) is 0 Å². The highest BCUT2D eigenvalue weighted by Crippen LogP contribution is 2.13. The van der Waals surface area contributed by atoms with Gasteiger partial charge in [0.25, 0.3) is 0 Å². The molecule has 1 unspecified atom stereocenters. The predicted molar refractivity (Wildman–Crippen MR) is 103 cm³/mol. The van der Waals surface area contributed by atoms with Crippen molar-refractivity contribution < 1.29 is 14.6 Å². The number of nitrogens with zero attached hydrogens (tertiary/aromatic N) is 2. The molecule has 0 spiro atoms. The van der Waals surface area contributed by atoms with E-state index >= 15 is 0 Å². The van der Waals surface area contributed by atoms with Crippen LogP contribution in [-0.4, -0.2) is 27.4 Å². The van der Waals surface area contributed by atoms with Gasteiger partial charge in [-0.1, -0.05) is 48.5 Å². The maximum absolute atomic E-state index is 11.5. The molecule has 0 aliphatic carbocycles. The van der Waals surface area contributed by atoms with E-state index in [4.69, 9.17) is 4.74 Å². The van der Waals surface area contributed by atoms with Crippen LogP contribution in [0.5, 0.6) is 5.75 Å². The topological polar surface area (TPSA) is 76.4 Å². The van der Waals surface area contributed by atoms with Gasteiger partial charge in [0.2, 0.25) is 0 Å². The van der Waals surface area contributed by atoms with Gasteiger partial charge >= 0.3 is 5.97 Å². The maximum atomic E-state index is 11.5. The van der Waals surface area contributed by atoms with E-state index in [1.165, 1.54) is 10.2 Å². The Hall–Kier alpha value is -3.12. The zero-order valence-electron chi connectivity index (χ0n) is 15.2. The van der Waals surface area contributed by atoms with Crippen LogP contribution in [0.3, 0.4) is 0 Å². The summed E-state index contributed by atoms with van der Waals surface area (Å²) in [6.07, 6.45) is 0. The molecule has 1 aromatic heterocycles. The summed E-state index contributed by atoms with van der Waals surface area (Å²) >= 11 is 0. The average Bonchev–Trinajstić information content (AvgIpc) is 3.11. The first-order valence-corrected chi connectivity index (χ1v) is 8.89. The molecule has 0 saturated heterocycles. The highest BCUT2D eigenvalue weighted by molar-refractivity contribution is 5.85. The number of carbonyl (C=O) groups is 1. The second-order valence-corrected chi connectivity index (χ2v) is 6.24. The molecule has 0 bridgehead atoms. The molecule has 0 radical (unpaired) electrons. The van der Waals surface area contributed by atoms with Gasteiger partial charge in [0, 0.05) is 12.6 Å². The molecule has 2 N–H and O–H groups in total. The summed E-state index contributed by atoms with van der Waals surface area (Å²) in [5.74, 6) is -0.271. The quantitative estimate of drug-likeness (QED) is 0.607. The van der Waals surface area contributed by atoms with E-state index in [1.807, 2.05) is 48.5 Å². The van der Waals surface area contributed by atoms with E-state index in [9.17, 15) is 9.90 Å². The van der Waals surface area contributed by atoms with Crippen molar-refractivity contribution in [3.63, 3.8) is 0 Å². The van der Waals surface area contributed by atoms with Crippen molar-refractivity contribution in [2.45, 2.75) is 26.1 Å². The number of rotatable bonds is 9. The normalized spacial score (nSPS) is 11.9. The van der Waals surface area contributed by atoms with Crippen LogP contribution < -0.4 is 10.1 Å². The zero-order valence-corrected chi connectivity index (χ0v) is 15.2. The first-order chi connectivity index (χ1) is 13.1. The first kappa shape index (κ1) is 18.7. The summed E-state index contributed by atoms with van der Waals surface area (Å²) in [4.78, 5) is 11.5. The van der Waals surface area contributed by atoms with Gasteiger partial charge in [-0.2, -0.15) is 5.10 Å². The molecule has 0 amide bonds. The molecule has 0 fully saturated rings. The molecular formula is C21H23N3O3. The number of hydrogen-bond acceptors (Lipinski definition) is 4. The van der Waals surface area contributed by atoms with Crippen LogP contribution in [0.4, 0.5) is 0 Å². The molecular weight excluding hydrogens is 342 g/mol. The molecule has 2 aromatic carbocycles. The predicted octanol–water partition coefficient (Wildman–Crippen LogP) is 3.51. The van der Waals surface area contributed by atoms with E-state index in [0.717, 1.165) is 5.75 Å². The number of aromatic carboxylic acids is 1. The average molecular weight is 365 g/mol. The van der Waals surface area contributed by atoms with Crippen LogP contribution in [0, 0.1) is 0 Å². The van der Waals surface area contributed by atoms with Crippen LogP contribution in [0.2, 0.25) is 0 Å². The third-order valence-corrected chi connectivity index (χ3v) is 4.25. The molecule has 27 heavy (non-hydrogen) atoms. The van der Waals surface area contributed by atoms with Crippen molar-refractivity contribution in [1.82, 2.24) is 15.1 Å². The number of benzene rings is 2. The number of hydrogen-bond donors (Lipinski definition) is 2. The van der Waals surface area contributed by atoms with Crippen LogP contribution >= 0.6 is 0 Å². The lowest BCUT2D eigenvalue weighted by atomic mass is 10.1. The van der Waals surface area contributed by atoms with Crippen LogP contribution in [-0.2, 0) is 13.2 Å². The Labute approximate surface area is 158 Å². The molecule has 3 rings (SSSR count). The molecule has 0 saturated carbocycles. The van der Waals surface area contributed by atoms with E-state index < -0.39 is 5.97 Å². The van der Waals surface area contributed by atoms with Gasteiger partial charge < -0.3 is 15.2 Å². The Morgan fingerprint density at radius 2 is 1.81 bits per heavy atom. The second kappa shape index (κ2) is 9.00. The maximum Gasteiger partial charge on any atom is 0.354 e. The molecule has 140 valence electrons. The number of ether oxygens (including phenoxy) is 1. The molecule has 1 heterocycles. The van der Waals surface area contributed by atoms with E-state index in [1.54, 1.807) is 6.07 Å². The number of carboxylic acid groups (broad SMARTS) is 1. The lowest BCUT2D eigenvalue weighted by Crippen LogP contribution is -2.25. The minimum atomic E-state index is -0.996. The van der Waals surface area contributed by atoms with Gasteiger partial charge in [-0.25, -0.2) is 4.79 Å². The second-order valence-electron chi connectivity index (χ2n) is 6.24. The molecule has 6 nitrogen and oxygen atoms in total. The highest BCUT2D eigenvalue weighted by atomic mass is 16.5. The van der Waals surface area contributed by atoms with E-state index in [-0.39, 0.29) is 18.3 Å². The van der Waals surface area contributed by atoms with Crippen LogP contribution in [0.1, 0.15) is 34.7 Å². The lowest BCUT2D eigenvalue weighted by molar-refractivity contribution is 0.0683. The van der Waals surface area contributed by atoms with Crippen molar-refractivity contribution >= 4 is 5.97 Å². The highest BCUT2D eigenvalue weighted by Gasteiger charge is 2.15. The van der Waals surface area contributed by atoms with Crippen LogP contribution in [0.15, 0.2) is 66.7 Å². The summed E-state index contributed by atoms with van der Waals surface area (Å²) < 4.78 is 7.17. The SMILES string of the molecule is CC(NCCn1nc(COc2ccccc2)cc1C(=O)O)c1ccccc1. The third-order valence-electron chi connectivity index (χ3n) is 4.25. The fourth-order valence-electron chi connectivity index (χ4n) is 2.80. The first-order valence-electron chi connectivity index (χ1n) is 8.89. The smallest absolute Gasteiger partial charge is 0.354 e. The van der Waals surface area contributed by atoms with Crippen molar-refractivity contribution in [2.24, 2.45) is 0 Å². The van der Waals surface area contributed by atoms with Gasteiger partial charge in [-0.05, 0) is 30.7 Å². The summed E-state index contributed by atoms with van der Waals surface area (Å²) in [6.45, 7) is 3.38. The molecule has 1 atom stereocenters. The van der Waals surface area contributed by atoms with Gasteiger partial charge in [-0.3, -0.25) is 4.68 Å². The minimum absolute atomic E-state index is 0.163. The molecule has 0 aliphatic heterocycles. The third kappa shape index (κ3) is 5.18. The van der Waals surface area contributed by atoms with E-state index in [2.05, 4.69) is 29.5 Å². The Bertz CT molecular complexity index is 863. The lowest BCUT2D eigenvalue weighted by Gasteiger charge is -2.14. The molecule has 6 heteroatoms. The van der Waals surface area contributed by atoms with Crippen molar-refractivity contribution in [3.8, 4) is 5.75 Å². The van der Waals surface area contributed by atoms with Gasteiger partial charge in [0.1, 0.15) is 23.7 Å². The van der Waals surface area contributed by atoms with Crippen molar-refractivity contribution in [3.05, 3.63) is 83.7 Å². The largest absolute Gasteiger partial charge is 0.487 e. The standard InChI is InChI=1S/C21H23N3O3/c1-16(17-8-4-2-5-9-17)22-12-13-24-20(21(25)26)14-18(23-24)15-27-19-10-6-3-7-11-19/h2-11,14,16,22H,12-13,15H2,1H3,(H,25,26). The van der Waals surface area contributed by atoms with Gasteiger partial charge in [0.05, 0.1) is 6.54 Å². The Morgan fingerprint density at radius 1 is 1.15 bits per heavy atom. The fraction of sp³-hybridized carbons (Fsp3) is 0.238. The van der Waals surface area contributed by atoms with E-state index in [0.29, 0.717) is 18.8 Å². The number of aromatic nitrogens is 2. The van der Waals surface area contributed by atoms with Crippen molar-refractivity contribution in [1.29, 1.82) is 0 Å². The Balaban J connectivity index is 1.59. The summed E-state index contributed by atoms with van der Waals surface area (Å²) in [5, 5.41) is 17.2. The monoisotopic (exact) mass is 365 g/mol. The van der Waals surface area contributed by atoms with Crippen molar-refractivity contribution in [2.75, 3.05) is 6.54 Å². The number of para-hydroxylation sites is 1. The summed E-state index contributed by atoms with van der Waals surface area (Å²) in [5.41, 5.74) is 1.94. The Morgan fingerprint density at radius 3 is 2.48 bits per heavy atom. The summed E-state index contributed by atoms with van der Waals surface area (Å²) in [6, 6.07) is 21.2. The van der Waals surface area contributed by atoms with Crippen LogP contribution in [0.25, 0.3) is 0 Å². The molecule has 3 aromatic rings. The number of carboxylic acids is 1. The minimum Gasteiger partial charge on any atom is -0.487 e. The fourth-order valence-corrected chi connectivity index (χ4v) is 2.80.